The van der Waals surface area contributed by atoms with Crippen LogP contribution in [0.3, 0.4) is 0 Å². The summed E-state index contributed by atoms with van der Waals surface area (Å²) in [6.45, 7) is 6.14. The average Bonchev–Trinajstić information content (AvgIpc) is 2.15. The molecule has 0 aromatic heterocycles. The topological polar surface area (TPSA) is 47.6 Å². The van der Waals surface area contributed by atoms with E-state index in [0.29, 0.717) is 5.57 Å². The van der Waals surface area contributed by atoms with Crippen LogP contribution in [0.5, 0.6) is 0 Å². The molecule has 0 fully saturated rings. The summed E-state index contributed by atoms with van der Waals surface area (Å²) in [6.07, 6.45) is -5.01. The second kappa shape index (κ2) is 7.92. The quantitative estimate of drug-likeness (QED) is 0.177. The number of nitrogens with two attached hydrogens (primary N) is 1. The van der Waals surface area contributed by atoms with E-state index in [1.165, 1.54) is 0 Å². The molecule has 2 N–H and O–H groups in total. The summed E-state index contributed by atoms with van der Waals surface area (Å²) < 4.78 is 39.3. The van der Waals surface area contributed by atoms with Crippen molar-refractivity contribution in [3.63, 3.8) is 0 Å². The predicted octanol–water partition coefficient (Wildman–Crippen LogP) is 2.97. The summed E-state index contributed by atoms with van der Waals surface area (Å²) in [6, 6.07) is 0. The van der Waals surface area contributed by atoms with Gasteiger partial charge in [-0.15, -0.1) is 13.1 Å². The van der Waals surface area contributed by atoms with Crippen LogP contribution in [0.2, 0.25) is 0 Å². The molecule has 0 aliphatic rings. The van der Waals surface area contributed by atoms with Gasteiger partial charge in [0.1, 0.15) is 0 Å². The molecular weight excluding hydrogens is 574 g/mol. The maximum Gasteiger partial charge on any atom is 2.00 e. The van der Waals surface area contributed by atoms with Crippen molar-refractivity contribution in [2.75, 3.05) is 0 Å². The number of hydrogen-bond acceptors (Lipinski definition) is 2. The molecule has 17 heavy (non-hydrogen) atoms. The summed E-state index contributed by atoms with van der Waals surface area (Å²) in [5.74, 6) is 0.0880. The Hall–Kier alpha value is 0.612. The van der Waals surface area contributed by atoms with Crippen LogP contribution >= 0.6 is 22.6 Å². The van der Waals surface area contributed by atoms with Crippen molar-refractivity contribution in [1.29, 1.82) is 0 Å². The van der Waals surface area contributed by atoms with E-state index in [9.17, 15) is 13.2 Å². The smallest absolute Gasteiger partial charge is 0.537 e. The summed E-state index contributed by atoms with van der Waals surface area (Å²) in [5, 5.41) is 0. The molecule has 1 atom stereocenters. The molecule has 3 nitrogen and oxygen atoms in total. The Balaban J connectivity index is 0. The second-order valence-corrected chi connectivity index (χ2v) is 4.79. The molecule has 0 aromatic rings. The molecule has 0 aromatic carbocycles. The molecule has 0 heterocycles. The Kier molecular flexibility index (Phi) is 9.29. The molecule has 1 unspecified atom stereocenters. The van der Waals surface area contributed by atoms with Gasteiger partial charge < -0.3 is 15.5 Å². The fourth-order valence-electron chi connectivity index (χ4n) is 0.628. The van der Waals surface area contributed by atoms with Crippen LogP contribution in [0.15, 0.2) is 17.1 Å². The summed E-state index contributed by atoms with van der Waals surface area (Å²) in [7, 11) is 2.81. The molecular formula is C9H12F3IN2OU. The SMILES string of the molecule is C=C(C)C(N)=N[CH-]CC(I)(O[CH2-])C(F)(F)F.[U+2]. The van der Waals surface area contributed by atoms with E-state index in [0.717, 1.165) is 29.1 Å². The van der Waals surface area contributed by atoms with Crippen LogP contribution in [0.25, 0.3) is 0 Å². The number of alkyl halides is 4. The summed E-state index contributed by atoms with van der Waals surface area (Å²) in [4.78, 5) is 3.63. The predicted molar refractivity (Wildman–Crippen MR) is 64.6 cm³/mol. The Bertz CT molecular complexity index is 296. The zero-order valence-electron chi connectivity index (χ0n) is 9.14. The van der Waals surface area contributed by atoms with Gasteiger partial charge >= 0.3 is 37.3 Å². The minimum Gasteiger partial charge on any atom is -0.537 e. The molecule has 0 saturated carbocycles. The summed E-state index contributed by atoms with van der Waals surface area (Å²) >= 11 is 1.14. The monoisotopic (exact) mass is 586 g/mol. The number of halogens is 4. The van der Waals surface area contributed by atoms with Crippen LogP contribution in [0.1, 0.15) is 13.3 Å². The minimum absolute atomic E-state index is 0. The fraction of sp³-hybridized carbons (Fsp3) is 0.444. The Morgan fingerprint density at radius 3 is 2.35 bits per heavy atom. The van der Waals surface area contributed by atoms with Gasteiger partial charge in [0.05, 0.1) is 0 Å². The third-order valence-electron chi connectivity index (χ3n) is 1.67. The second-order valence-electron chi connectivity index (χ2n) is 3.05. The Morgan fingerprint density at radius 1 is 1.59 bits per heavy atom. The molecule has 8 heteroatoms. The van der Waals surface area contributed by atoms with Gasteiger partial charge in [-0.2, -0.15) is 13.2 Å². The number of rotatable bonds is 5. The van der Waals surface area contributed by atoms with Gasteiger partial charge in [0, 0.05) is 0 Å². The van der Waals surface area contributed by atoms with Crippen LogP contribution in [0, 0.1) is 44.8 Å². The number of aliphatic imine (C=N–C) groups is 1. The van der Waals surface area contributed by atoms with E-state index < -0.39 is 16.2 Å². The number of ether oxygens (including phenoxy) is 1. The first-order valence-electron chi connectivity index (χ1n) is 4.13. The van der Waals surface area contributed by atoms with E-state index in [1.807, 2.05) is 0 Å². The first-order chi connectivity index (χ1) is 7.14. The van der Waals surface area contributed by atoms with E-state index in [2.05, 4.69) is 23.4 Å². The van der Waals surface area contributed by atoms with Crippen molar-refractivity contribution in [2.24, 2.45) is 10.7 Å². The molecule has 0 aliphatic heterocycles. The van der Waals surface area contributed by atoms with Crippen molar-refractivity contribution >= 4 is 28.4 Å². The molecule has 0 aliphatic carbocycles. The number of hydrogen-bond donors (Lipinski definition) is 1. The molecule has 0 amide bonds. The molecule has 0 saturated heterocycles. The van der Waals surface area contributed by atoms with Crippen molar-refractivity contribution in [3.05, 3.63) is 25.8 Å². The molecule has 0 radical (unpaired) electrons. The van der Waals surface area contributed by atoms with Crippen molar-refractivity contribution in [1.82, 2.24) is 0 Å². The first kappa shape index (κ1) is 19.9. The normalized spacial score (nSPS) is 15.8. The zero-order valence-corrected chi connectivity index (χ0v) is 15.5. The van der Waals surface area contributed by atoms with Crippen molar-refractivity contribution in [3.8, 4) is 0 Å². The van der Waals surface area contributed by atoms with Crippen LogP contribution in [-0.2, 0) is 4.74 Å². The Labute approximate surface area is 136 Å². The van der Waals surface area contributed by atoms with Gasteiger partial charge in [-0.05, 0) is 34.8 Å². The van der Waals surface area contributed by atoms with Gasteiger partial charge in [0.15, 0.2) is 3.61 Å². The van der Waals surface area contributed by atoms with Gasteiger partial charge in [0.2, 0.25) is 0 Å². The first-order valence-corrected chi connectivity index (χ1v) is 5.21. The number of nitrogens with zero attached hydrogens (tertiary/aromatic N) is 1. The molecule has 96 valence electrons. The summed E-state index contributed by atoms with van der Waals surface area (Å²) in [5.41, 5.74) is 5.86. The van der Waals surface area contributed by atoms with E-state index >= 15 is 0 Å². The molecule has 0 bridgehead atoms. The van der Waals surface area contributed by atoms with E-state index in [1.54, 1.807) is 6.92 Å². The largest absolute Gasteiger partial charge is 2.00 e. The fourth-order valence-corrected chi connectivity index (χ4v) is 0.825. The zero-order chi connectivity index (χ0) is 13.0. The van der Waals surface area contributed by atoms with Crippen LogP contribution in [-0.4, -0.2) is 15.6 Å². The van der Waals surface area contributed by atoms with Crippen LogP contribution in [0.4, 0.5) is 13.2 Å². The van der Waals surface area contributed by atoms with Gasteiger partial charge in [-0.1, -0.05) is 12.5 Å². The standard InChI is InChI=1S/C9H12F3IN2O.U/c1-6(2)7(14)15-5-4-8(13,16-3)9(10,11)12;/h5H,1,3-4H2,2H3,(H2,14,15);/q-2;+2. The maximum atomic E-state index is 12.5. The third kappa shape index (κ3) is 6.36. The van der Waals surface area contributed by atoms with Gasteiger partial charge in [-0.25, -0.2) is 7.11 Å². The van der Waals surface area contributed by atoms with Crippen LogP contribution < -0.4 is 5.73 Å². The average molecular weight is 586 g/mol. The van der Waals surface area contributed by atoms with Crippen molar-refractivity contribution < 1.29 is 49.0 Å². The van der Waals surface area contributed by atoms with Gasteiger partial charge in [-0.3, -0.25) is 0 Å². The van der Waals surface area contributed by atoms with Gasteiger partial charge in [0.25, 0.3) is 0 Å². The maximum absolute atomic E-state index is 12.5. The molecule has 0 spiro atoms. The van der Waals surface area contributed by atoms with E-state index in [4.69, 9.17) is 5.73 Å². The Morgan fingerprint density at radius 2 is 2.06 bits per heavy atom. The van der Waals surface area contributed by atoms with E-state index in [-0.39, 0.29) is 36.9 Å². The number of amidine groups is 1. The minimum atomic E-state index is -4.53. The van der Waals surface area contributed by atoms with Crippen molar-refractivity contribution in [2.45, 2.75) is 23.1 Å². The third-order valence-corrected chi connectivity index (χ3v) is 3.04. The molecule has 0 rings (SSSR count).